The first-order valence-electron chi connectivity index (χ1n) is 8.69. The number of carbonyl (C=O) groups excluding carboxylic acids is 1. The Balaban J connectivity index is 2.56. The molecule has 0 aliphatic rings. The molecule has 0 aliphatic heterocycles. The summed E-state index contributed by atoms with van der Waals surface area (Å²) in [6.45, 7) is 1.54. The van der Waals surface area contributed by atoms with Gasteiger partial charge in [0.15, 0.2) is 13.6 Å². The van der Waals surface area contributed by atoms with Gasteiger partial charge in [-0.2, -0.15) is 0 Å². The van der Waals surface area contributed by atoms with Gasteiger partial charge in [0.25, 0.3) is 0 Å². The van der Waals surface area contributed by atoms with E-state index in [4.69, 9.17) is 23.7 Å². The summed E-state index contributed by atoms with van der Waals surface area (Å²) in [6, 6.07) is 13.9. The van der Waals surface area contributed by atoms with E-state index in [0.29, 0.717) is 22.6 Å². The van der Waals surface area contributed by atoms with Gasteiger partial charge in [-0.3, -0.25) is 4.79 Å². The predicted molar refractivity (Wildman–Crippen MR) is 102 cm³/mol. The van der Waals surface area contributed by atoms with Crippen LogP contribution in [0, 0.1) is 0 Å². The summed E-state index contributed by atoms with van der Waals surface area (Å²) in [5.41, 5.74) is -0.772. The maximum Gasteiger partial charge on any atom is 0.316 e. The number of benzene rings is 2. The lowest BCUT2D eigenvalue weighted by atomic mass is 9.78. The molecule has 0 aromatic heterocycles. The Morgan fingerprint density at radius 1 is 0.929 bits per heavy atom. The van der Waals surface area contributed by atoms with Gasteiger partial charge >= 0.3 is 5.97 Å². The van der Waals surface area contributed by atoms with Crippen LogP contribution in [0.4, 0.5) is 0 Å². The first kappa shape index (κ1) is 21.7. The number of esters is 1. The number of carbonyl (C=O) groups is 1. The van der Waals surface area contributed by atoms with Gasteiger partial charge in [-0.05, 0) is 19.1 Å². The van der Waals surface area contributed by atoms with Crippen molar-refractivity contribution in [2.75, 3.05) is 34.9 Å². The summed E-state index contributed by atoms with van der Waals surface area (Å²) in [7, 11) is 4.28. The van der Waals surface area contributed by atoms with Crippen molar-refractivity contribution in [1.29, 1.82) is 0 Å². The monoisotopic (exact) mass is 390 g/mol. The number of ether oxygens (including phenoxy) is 5. The molecule has 2 aromatic rings. The van der Waals surface area contributed by atoms with Crippen LogP contribution >= 0.6 is 0 Å². The molecule has 0 spiro atoms. The second kappa shape index (κ2) is 10.1. The minimum Gasteiger partial charge on any atom is -0.468 e. The molecule has 0 heterocycles. The second-order valence-corrected chi connectivity index (χ2v) is 6.24. The quantitative estimate of drug-likeness (QED) is 0.493. The predicted octanol–water partition coefficient (Wildman–Crippen LogP) is 2.82. The lowest BCUT2D eigenvalue weighted by molar-refractivity contribution is -0.149. The molecule has 0 aliphatic carbocycles. The van der Waals surface area contributed by atoms with Gasteiger partial charge in [0.2, 0.25) is 0 Å². The molecule has 7 heteroatoms. The summed E-state index contributed by atoms with van der Waals surface area (Å²) < 4.78 is 26.1. The highest BCUT2D eigenvalue weighted by Gasteiger charge is 2.44. The molecule has 0 saturated heterocycles. The van der Waals surface area contributed by atoms with Crippen molar-refractivity contribution in [1.82, 2.24) is 0 Å². The van der Waals surface area contributed by atoms with Crippen molar-refractivity contribution >= 4 is 5.97 Å². The van der Waals surface area contributed by atoms with Gasteiger partial charge in [-0.1, -0.05) is 36.4 Å². The molecule has 0 saturated carbocycles. The Morgan fingerprint density at radius 2 is 1.46 bits per heavy atom. The van der Waals surface area contributed by atoms with Crippen molar-refractivity contribution < 1.29 is 33.6 Å². The smallest absolute Gasteiger partial charge is 0.316 e. The van der Waals surface area contributed by atoms with E-state index in [-0.39, 0.29) is 13.6 Å². The Kier molecular flexibility index (Phi) is 7.80. The molecule has 0 unspecified atom stereocenters. The number of hydrogen-bond donors (Lipinski definition) is 1. The summed E-state index contributed by atoms with van der Waals surface area (Å²) >= 11 is 0. The number of aliphatic hydroxyl groups is 1. The normalized spacial score (nSPS) is 14.0. The number of para-hydroxylation sites is 2. The van der Waals surface area contributed by atoms with E-state index in [9.17, 15) is 9.90 Å². The van der Waals surface area contributed by atoms with Crippen LogP contribution in [0.5, 0.6) is 11.5 Å². The van der Waals surface area contributed by atoms with Gasteiger partial charge in [0.05, 0.1) is 7.11 Å². The fraction of sp³-hybridized carbons (Fsp3) is 0.381. The lowest BCUT2D eigenvalue weighted by Gasteiger charge is -2.33. The number of hydrogen-bond acceptors (Lipinski definition) is 7. The molecule has 2 aromatic carbocycles. The summed E-state index contributed by atoms with van der Waals surface area (Å²) in [6.07, 6.45) is 0. The van der Waals surface area contributed by atoms with Crippen molar-refractivity contribution in [3.8, 4) is 11.5 Å². The average Bonchev–Trinajstić information content (AvgIpc) is 2.71. The molecule has 2 rings (SSSR count). The van der Waals surface area contributed by atoms with Gasteiger partial charge < -0.3 is 28.8 Å². The third-order valence-corrected chi connectivity index (χ3v) is 4.33. The fourth-order valence-electron chi connectivity index (χ4n) is 3.04. The van der Waals surface area contributed by atoms with E-state index >= 15 is 0 Å². The van der Waals surface area contributed by atoms with E-state index in [1.807, 2.05) is 0 Å². The molecule has 0 bridgehead atoms. The molecule has 28 heavy (non-hydrogen) atoms. The first-order valence-corrected chi connectivity index (χ1v) is 8.69. The summed E-state index contributed by atoms with van der Waals surface area (Å²) in [5.74, 6) is -0.869. The van der Waals surface area contributed by atoms with Gasteiger partial charge in [-0.15, -0.1) is 0 Å². The van der Waals surface area contributed by atoms with Crippen LogP contribution < -0.4 is 9.47 Å². The van der Waals surface area contributed by atoms with Crippen molar-refractivity contribution in [2.24, 2.45) is 0 Å². The second-order valence-electron chi connectivity index (χ2n) is 6.24. The summed E-state index contributed by atoms with van der Waals surface area (Å²) in [4.78, 5) is 12.7. The molecule has 152 valence electrons. The van der Waals surface area contributed by atoms with Crippen LogP contribution in [-0.4, -0.2) is 46.0 Å². The molecule has 0 radical (unpaired) electrons. The molecule has 1 N–H and O–H groups in total. The lowest BCUT2D eigenvalue weighted by Crippen LogP contribution is -2.37. The zero-order valence-electron chi connectivity index (χ0n) is 16.5. The zero-order chi connectivity index (χ0) is 20.6. The zero-order valence-corrected chi connectivity index (χ0v) is 16.5. The highest BCUT2D eigenvalue weighted by molar-refractivity contribution is 5.81. The Morgan fingerprint density at radius 3 is 2.07 bits per heavy atom. The van der Waals surface area contributed by atoms with Crippen LogP contribution in [0.25, 0.3) is 0 Å². The van der Waals surface area contributed by atoms with Gasteiger partial charge in [0, 0.05) is 25.3 Å². The van der Waals surface area contributed by atoms with Crippen molar-refractivity contribution in [3.63, 3.8) is 0 Å². The maximum absolute atomic E-state index is 12.7. The SMILES string of the molecule is COCOc1ccccc1[C@H](C(=O)OC)[C@](C)(O)c1ccccc1OCOC. The minimum atomic E-state index is -1.66. The standard InChI is InChI=1S/C21H26O7/c1-21(23,16-10-6-8-12-18(16)28-14-25-3)19(20(22)26-4)15-9-5-7-11-17(15)27-13-24-2/h5-12,19,23H,13-14H2,1-4H3/t19-,21-/m1/s1. The molecular formula is C21H26O7. The Labute approximate surface area is 164 Å². The van der Waals surface area contributed by atoms with Crippen LogP contribution in [0.1, 0.15) is 24.0 Å². The van der Waals surface area contributed by atoms with Gasteiger partial charge in [-0.25, -0.2) is 0 Å². The van der Waals surface area contributed by atoms with Crippen LogP contribution in [0.3, 0.4) is 0 Å². The van der Waals surface area contributed by atoms with Crippen molar-refractivity contribution in [2.45, 2.75) is 18.4 Å². The topological polar surface area (TPSA) is 83.5 Å². The van der Waals surface area contributed by atoms with Crippen LogP contribution in [-0.2, 0) is 24.6 Å². The molecular weight excluding hydrogens is 364 g/mol. The fourth-order valence-corrected chi connectivity index (χ4v) is 3.04. The van der Waals surface area contributed by atoms with E-state index in [1.165, 1.54) is 28.3 Å². The highest BCUT2D eigenvalue weighted by Crippen LogP contribution is 2.44. The van der Waals surface area contributed by atoms with E-state index < -0.39 is 17.5 Å². The average molecular weight is 390 g/mol. The molecule has 7 nitrogen and oxygen atoms in total. The van der Waals surface area contributed by atoms with Crippen molar-refractivity contribution in [3.05, 3.63) is 59.7 Å². The van der Waals surface area contributed by atoms with Gasteiger partial charge in [0.1, 0.15) is 23.0 Å². The largest absolute Gasteiger partial charge is 0.468 e. The number of methoxy groups -OCH3 is 3. The maximum atomic E-state index is 12.7. The van der Waals surface area contributed by atoms with Crippen LogP contribution in [0.15, 0.2) is 48.5 Å². The molecule has 0 amide bonds. The third kappa shape index (κ3) is 4.81. The highest BCUT2D eigenvalue weighted by atomic mass is 16.7. The first-order chi connectivity index (χ1) is 13.5. The number of rotatable bonds is 10. The van der Waals surface area contributed by atoms with E-state index in [1.54, 1.807) is 48.5 Å². The Bertz CT molecular complexity index is 773. The van der Waals surface area contributed by atoms with Crippen LogP contribution in [0.2, 0.25) is 0 Å². The third-order valence-electron chi connectivity index (χ3n) is 4.33. The summed E-state index contributed by atoms with van der Waals surface area (Å²) in [5, 5.41) is 11.5. The van der Waals surface area contributed by atoms with E-state index in [2.05, 4.69) is 0 Å². The molecule has 0 fully saturated rings. The Hall–Kier alpha value is -2.61. The molecule has 2 atom stereocenters. The van der Waals surface area contributed by atoms with E-state index in [0.717, 1.165) is 0 Å². The minimum absolute atomic E-state index is 0.000581.